The standard InChI is InChI=1S/C20H24N2/c1-2-22-17(11-12-21)14-20-18-9-5-3-7-15(18)13-16-8-4-6-10-19(16)20/h3-10,13,17,22H,2,11-12,14,21H2,1H3. The Bertz CT molecular complexity index is 704. The molecule has 2 heteroatoms. The number of hydrogen-bond donors (Lipinski definition) is 2. The Balaban J connectivity index is 2.14. The van der Waals surface area contributed by atoms with Gasteiger partial charge >= 0.3 is 0 Å². The van der Waals surface area contributed by atoms with Gasteiger partial charge in [0.1, 0.15) is 0 Å². The molecule has 3 aromatic rings. The molecule has 22 heavy (non-hydrogen) atoms. The van der Waals surface area contributed by atoms with E-state index in [1.165, 1.54) is 27.1 Å². The van der Waals surface area contributed by atoms with E-state index in [1.54, 1.807) is 0 Å². The highest BCUT2D eigenvalue weighted by molar-refractivity contribution is 6.02. The van der Waals surface area contributed by atoms with E-state index < -0.39 is 0 Å². The van der Waals surface area contributed by atoms with Gasteiger partial charge in [0.05, 0.1) is 0 Å². The minimum absolute atomic E-state index is 0.434. The van der Waals surface area contributed by atoms with Crippen LogP contribution in [0.1, 0.15) is 18.9 Å². The zero-order valence-corrected chi connectivity index (χ0v) is 13.2. The molecule has 2 nitrogen and oxygen atoms in total. The number of rotatable bonds is 6. The molecule has 0 aliphatic carbocycles. The van der Waals surface area contributed by atoms with Gasteiger partial charge in [-0.3, -0.25) is 0 Å². The summed E-state index contributed by atoms with van der Waals surface area (Å²) in [5, 5.41) is 8.94. The minimum atomic E-state index is 0.434. The van der Waals surface area contributed by atoms with Gasteiger partial charge in [0.25, 0.3) is 0 Å². The third kappa shape index (κ3) is 2.99. The summed E-state index contributed by atoms with van der Waals surface area (Å²) in [6.07, 6.45) is 2.03. The lowest BCUT2D eigenvalue weighted by Crippen LogP contribution is -2.33. The van der Waals surface area contributed by atoms with Gasteiger partial charge in [-0.15, -0.1) is 0 Å². The molecule has 0 aliphatic rings. The molecule has 3 N–H and O–H groups in total. The van der Waals surface area contributed by atoms with Crippen LogP contribution in [0, 0.1) is 0 Å². The molecule has 0 amide bonds. The summed E-state index contributed by atoms with van der Waals surface area (Å²) >= 11 is 0. The van der Waals surface area contributed by atoms with Crippen LogP contribution in [0.4, 0.5) is 0 Å². The molecule has 0 aromatic heterocycles. The summed E-state index contributed by atoms with van der Waals surface area (Å²) < 4.78 is 0. The van der Waals surface area contributed by atoms with E-state index in [9.17, 15) is 0 Å². The first-order chi connectivity index (χ1) is 10.8. The van der Waals surface area contributed by atoms with Crippen LogP contribution in [0.3, 0.4) is 0 Å². The first-order valence-corrected chi connectivity index (χ1v) is 8.16. The van der Waals surface area contributed by atoms with Gasteiger partial charge in [-0.05, 0) is 59.1 Å². The SMILES string of the molecule is CCNC(CCN)Cc1c2ccccc2cc2ccccc12. The third-order valence-corrected chi connectivity index (χ3v) is 4.34. The van der Waals surface area contributed by atoms with Gasteiger partial charge in [0.2, 0.25) is 0 Å². The molecule has 0 radical (unpaired) electrons. The summed E-state index contributed by atoms with van der Waals surface area (Å²) in [5.74, 6) is 0. The van der Waals surface area contributed by atoms with Crippen LogP contribution in [0.5, 0.6) is 0 Å². The van der Waals surface area contributed by atoms with Crippen LogP contribution in [0.25, 0.3) is 21.5 Å². The Labute approximate surface area is 132 Å². The predicted octanol–water partition coefficient (Wildman–Crippen LogP) is 3.86. The first-order valence-electron chi connectivity index (χ1n) is 8.16. The average Bonchev–Trinajstić information content (AvgIpc) is 2.55. The van der Waals surface area contributed by atoms with E-state index in [1.807, 2.05) is 0 Å². The molecule has 0 spiro atoms. The van der Waals surface area contributed by atoms with E-state index in [-0.39, 0.29) is 0 Å². The number of likely N-dealkylation sites (N-methyl/N-ethyl adjacent to an activating group) is 1. The van der Waals surface area contributed by atoms with Gasteiger partial charge in [-0.1, -0.05) is 55.5 Å². The van der Waals surface area contributed by atoms with E-state index in [4.69, 9.17) is 5.73 Å². The second-order valence-corrected chi connectivity index (χ2v) is 5.83. The lowest BCUT2D eigenvalue weighted by atomic mass is 9.92. The molecular formula is C20H24N2. The van der Waals surface area contributed by atoms with Crippen molar-refractivity contribution in [3.63, 3.8) is 0 Å². The van der Waals surface area contributed by atoms with Crippen LogP contribution in [0.15, 0.2) is 54.6 Å². The van der Waals surface area contributed by atoms with Gasteiger partial charge in [0.15, 0.2) is 0 Å². The number of fused-ring (bicyclic) bond motifs is 2. The topological polar surface area (TPSA) is 38.0 Å². The fourth-order valence-electron chi connectivity index (χ4n) is 3.34. The van der Waals surface area contributed by atoms with E-state index in [0.29, 0.717) is 6.04 Å². The van der Waals surface area contributed by atoms with Crippen molar-refractivity contribution in [3.05, 3.63) is 60.2 Å². The van der Waals surface area contributed by atoms with Gasteiger partial charge in [-0.2, -0.15) is 0 Å². The highest BCUT2D eigenvalue weighted by Crippen LogP contribution is 2.29. The highest BCUT2D eigenvalue weighted by Gasteiger charge is 2.13. The summed E-state index contributed by atoms with van der Waals surface area (Å²) in [4.78, 5) is 0. The zero-order valence-electron chi connectivity index (χ0n) is 13.2. The van der Waals surface area contributed by atoms with Crippen molar-refractivity contribution < 1.29 is 0 Å². The van der Waals surface area contributed by atoms with Crippen LogP contribution < -0.4 is 11.1 Å². The Hall–Kier alpha value is -1.90. The molecule has 0 bridgehead atoms. The largest absolute Gasteiger partial charge is 0.330 e. The molecule has 3 aromatic carbocycles. The average molecular weight is 292 g/mol. The lowest BCUT2D eigenvalue weighted by Gasteiger charge is -2.20. The Morgan fingerprint density at radius 2 is 1.55 bits per heavy atom. The van der Waals surface area contributed by atoms with Crippen molar-refractivity contribution in [1.82, 2.24) is 5.32 Å². The molecule has 0 fully saturated rings. The van der Waals surface area contributed by atoms with Crippen LogP contribution in [-0.4, -0.2) is 19.1 Å². The highest BCUT2D eigenvalue weighted by atomic mass is 14.9. The smallest absolute Gasteiger partial charge is 0.0120 e. The molecular weight excluding hydrogens is 268 g/mol. The maximum atomic E-state index is 5.80. The molecule has 0 heterocycles. The second-order valence-electron chi connectivity index (χ2n) is 5.83. The van der Waals surface area contributed by atoms with Crippen molar-refractivity contribution in [2.24, 2.45) is 5.73 Å². The predicted molar refractivity (Wildman–Crippen MR) is 96.3 cm³/mol. The fraction of sp³-hybridized carbons (Fsp3) is 0.300. The van der Waals surface area contributed by atoms with Gasteiger partial charge < -0.3 is 11.1 Å². The Morgan fingerprint density at radius 1 is 0.955 bits per heavy atom. The quantitative estimate of drug-likeness (QED) is 0.677. The number of hydrogen-bond acceptors (Lipinski definition) is 2. The molecule has 0 saturated heterocycles. The minimum Gasteiger partial charge on any atom is -0.330 e. The van der Waals surface area contributed by atoms with Crippen molar-refractivity contribution in [3.8, 4) is 0 Å². The van der Waals surface area contributed by atoms with Crippen molar-refractivity contribution in [2.45, 2.75) is 25.8 Å². The number of benzene rings is 3. The van der Waals surface area contributed by atoms with Crippen LogP contribution >= 0.6 is 0 Å². The second kappa shape index (κ2) is 6.91. The zero-order chi connectivity index (χ0) is 15.4. The maximum Gasteiger partial charge on any atom is 0.0120 e. The molecule has 3 rings (SSSR count). The van der Waals surface area contributed by atoms with E-state index in [0.717, 1.165) is 25.9 Å². The Morgan fingerprint density at radius 3 is 2.09 bits per heavy atom. The van der Waals surface area contributed by atoms with E-state index in [2.05, 4.69) is 66.8 Å². The summed E-state index contributed by atoms with van der Waals surface area (Å²) in [7, 11) is 0. The van der Waals surface area contributed by atoms with Gasteiger partial charge in [0, 0.05) is 6.04 Å². The maximum absolute atomic E-state index is 5.80. The van der Waals surface area contributed by atoms with E-state index >= 15 is 0 Å². The molecule has 0 saturated carbocycles. The normalized spacial score (nSPS) is 12.8. The number of nitrogens with two attached hydrogens (primary N) is 1. The molecule has 114 valence electrons. The van der Waals surface area contributed by atoms with Gasteiger partial charge in [-0.25, -0.2) is 0 Å². The summed E-state index contributed by atoms with van der Waals surface area (Å²) in [5.41, 5.74) is 7.24. The Kier molecular flexibility index (Phi) is 4.71. The summed E-state index contributed by atoms with van der Waals surface area (Å²) in [6, 6.07) is 20.1. The monoisotopic (exact) mass is 292 g/mol. The van der Waals surface area contributed by atoms with Crippen molar-refractivity contribution >= 4 is 21.5 Å². The molecule has 1 atom stereocenters. The fourth-order valence-corrected chi connectivity index (χ4v) is 3.34. The molecule has 1 unspecified atom stereocenters. The molecule has 0 aliphatic heterocycles. The third-order valence-electron chi connectivity index (χ3n) is 4.34. The first kappa shape index (κ1) is 15.0. The lowest BCUT2D eigenvalue weighted by molar-refractivity contribution is 0.499. The van der Waals surface area contributed by atoms with Crippen molar-refractivity contribution in [1.29, 1.82) is 0 Å². The van der Waals surface area contributed by atoms with Crippen LogP contribution in [-0.2, 0) is 6.42 Å². The summed E-state index contributed by atoms with van der Waals surface area (Å²) in [6.45, 7) is 3.86. The number of nitrogens with one attached hydrogen (secondary N) is 1. The van der Waals surface area contributed by atoms with Crippen LogP contribution in [0.2, 0.25) is 0 Å². The van der Waals surface area contributed by atoms with Crippen molar-refractivity contribution in [2.75, 3.05) is 13.1 Å².